The first-order valence-electron chi connectivity index (χ1n) is 6.36. The molecule has 0 bridgehead atoms. The molecule has 0 saturated heterocycles. The highest BCUT2D eigenvalue weighted by atomic mass is 19.1. The van der Waals surface area contributed by atoms with E-state index in [4.69, 9.17) is 0 Å². The number of carbonyl (C=O) groups excluding carboxylic acids is 1. The molecule has 0 amide bonds. The molecule has 19 heavy (non-hydrogen) atoms. The molecule has 0 atom stereocenters. The molecule has 2 aromatic carbocycles. The molecular weight excluding hydrogens is 241 g/mol. The number of fused-ring (bicyclic) bond motifs is 1. The summed E-state index contributed by atoms with van der Waals surface area (Å²) in [4.78, 5) is 10.8. The van der Waals surface area contributed by atoms with Crippen molar-refractivity contribution in [2.75, 3.05) is 6.54 Å². The first-order chi connectivity index (χ1) is 9.29. The van der Waals surface area contributed by atoms with Crippen molar-refractivity contribution in [3.05, 3.63) is 58.9 Å². The van der Waals surface area contributed by atoms with Gasteiger partial charge >= 0.3 is 0 Å². The normalized spacial score (nSPS) is 13.9. The molecule has 1 heterocycles. The predicted octanol–water partition coefficient (Wildman–Crippen LogP) is 2.95. The van der Waals surface area contributed by atoms with Crippen LogP contribution in [-0.2, 0) is 13.0 Å². The minimum absolute atomic E-state index is 0.108. The second-order valence-electron chi connectivity index (χ2n) is 4.74. The Morgan fingerprint density at radius 3 is 2.89 bits per heavy atom. The summed E-state index contributed by atoms with van der Waals surface area (Å²) in [5.74, 6) is -0.439. The molecule has 0 saturated carbocycles. The lowest BCUT2D eigenvalue weighted by Crippen LogP contribution is -2.23. The lowest BCUT2D eigenvalue weighted by Gasteiger charge is -2.18. The molecule has 3 rings (SSSR count). The Kier molecular flexibility index (Phi) is 3.13. The summed E-state index contributed by atoms with van der Waals surface area (Å²) in [5, 5.41) is 3.31. The van der Waals surface area contributed by atoms with Crippen LogP contribution in [0, 0.1) is 5.82 Å². The van der Waals surface area contributed by atoms with Crippen molar-refractivity contribution in [1.29, 1.82) is 0 Å². The van der Waals surface area contributed by atoms with Gasteiger partial charge in [-0.25, -0.2) is 4.39 Å². The van der Waals surface area contributed by atoms with Gasteiger partial charge in [0, 0.05) is 12.1 Å². The standard InChI is InChI=1S/C16H14FNO/c17-16-14(10-19)2-1-3-15(16)12-4-5-13-9-18-7-6-11(13)8-12/h1-5,8,10,18H,6-7,9H2. The summed E-state index contributed by atoms with van der Waals surface area (Å²) >= 11 is 0. The number of rotatable bonds is 2. The topological polar surface area (TPSA) is 29.1 Å². The molecule has 1 N–H and O–H groups in total. The van der Waals surface area contributed by atoms with E-state index in [2.05, 4.69) is 5.32 Å². The first kappa shape index (κ1) is 12.1. The van der Waals surface area contributed by atoms with Gasteiger partial charge in [0.2, 0.25) is 0 Å². The van der Waals surface area contributed by atoms with Crippen molar-refractivity contribution in [2.24, 2.45) is 0 Å². The maximum absolute atomic E-state index is 14.1. The molecule has 0 fully saturated rings. The molecular formula is C16H14FNO. The van der Waals surface area contributed by atoms with Crippen molar-refractivity contribution in [3.63, 3.8) is 0 Å². The van der Waals surface area contributed by atoms with Crippen LogP contribution in [0.25, 0.3) is 11.1 Å². The van der Waals surface area contributed by atoms with E-state index in [1.807, 2.05) is 18.2 Å². The molecule has 96 valence electrons. The van der Waals surface area contributed by atoms with Crippen molar-refractivity contribution in [2.45, 2.75) is 13.0 Å². The third-order valence-corrected chi connectivity index (χ3v) is 3.56. The predicted molar refractivity (Wildman–Crippen MR) is 72.6 cm³/mol. The van der Waals surface area contributed by atoms with Crippen LogP contribution >= 0.6 is 0 Å². The SMILES string of the molecule is O=Cc1cccc(-c2ccc3c(c2)CCNC3)c1F. The monoisotopic (exact) mass is 255 g/mol. The highest BCUT2D eigenvalue weighted by molar-refractivity contribution is 5.79. The Labute approximate surface area is 111 Å². The first-order valence-corrected chi connectivity index (χ1v) is 6.36. The zero-order valence-corrected chi connectivity index (χ0v) is 10.4. The van der Waals surface area contributed by atoms with Gasteiger partial charge in [0.05, 0.1) is 5.56 Å². The molecule has 0 unspecified atom stereocenters. The number of nitrogens with one attached hydrogen (secondary N) is 1. The number of carbonyl (C=O) groups is 1. The highest BCUT2D eigenvalue weighted by Gasteiger charge is 2.13. The number of halogens is 1. The van der Waals surface area contributed by atoms with Crippen LogP contribution in [0.3, 0.4) is 0 Å². The number of aldehydes is 1. The van der Waals surface area contributed by atoms with Crippen LogP contribution in [0.15, 0.2) is 36.4 Å². The third-order valence-electron chi connectivity index (χ3n) is 3.56. The molecule has 2 nitrogen and oxygen atoms in total. The Balaban J connectivity index is 2.09. The van der Waals surface area contributed by atoms with Gasteiger partial charge in [0.15, 0.2) is 6.29 Å². The average Bonchev–Trinajstić information content (AvgIpc) is 2.47. The van der Waals surface area contributed by atoms with E-state index in [9.17, 15) is 9.18 Å². The van der Waals surface area contributed by atoms with Crippen LogP contribution in [0.5, 0.6) is 0 Å². The molecule has 0 radical (unpaired) electrons. The van der Waals surface area contributed by atoms with Crippen LogP contribution in [0.1, 0.15) is 21.5 Å². The fraction of sp³-hybridized carbons (Fsp3) is 0.188. The largest absolute Gasteiger partial charge is 0.312 e. The minimum Gasteiger partial charge on any atom is -0.312 e. The zero-order chi connectivity index (χ0) is 13.2. The number of hydrogen-bond acceptors (Lipinski definition) is 2. The van der Waals surface area contributed by atoms with E-state index >= 15 is 0 Å². The van der Waals surface area contributed by atoms with Crippen LogP contribution in [0.4, 0.5) is 4.39 Å². The zero-order valence-electron chi connectivity index (χ0n) is 10.4. The lowest BCUT2D eigenvalue weighted by molar-refractivity contribution is 0.112. The Morgan fingerprint density at radius 2 is 2.05 bits per heavy atom. The molecule has 1 aliphatic heterocycles. The second-order valence-corrected chi connectivity index (χ2v) is 4.74. The van der Waals surface area contributed by atoms with Gasteiger partial charge in [-0.05, 0) is 35.7 Å². The second kappa shape index (κ2) is 4.94. The third kappa shape index (κ3) is 2.17. The number of benzene rings is 2. The van der Waals surface area contributed by atoms with E-state index in [0.717, 1.165) is 25.1 Å². The average molecular weight is 255 g/mol. The maximum Gasteiger partial charge on any atom is 0.153 e. The summed E-state index contributed by atoms with van der Waals surface area (Å²) in [6.07, 6.45) is 1.51. The van der Waals surface area contributed by atoms with E-state index in [1.54, 1.807) is 12.1 Å². The van der Waals surface area contributed by atoms with Crippen LogP contribution < -0.4 is 5.32 Å². The molecule has 1 aliphatic rings. The summed E-state index contributed by atoms with van der Waals surface area (Å²) in [5.41, 5.74) is 3.96. The van der Waals surface area contributed by atoms with Crippen molar-refractivity contribution in [1.82, 2.24) is 5.32 Å². The molecule has 0 aliphatic carbocycles. The van der Waals surface area contributed by atoms with Crippen molar-refractivity contribution < 1.29 is 9.18 Å². The van der Waals surface area contributed by atoms with E-state index in [1.165, 1.54) is 17.2 Å². The minimum atomic E-state index is -0.439. The fourth-order valence-corrected chi connectivity index (χ4v) is 2.51. The number of hydrogen-bond donors (Lipinski definition) is 1. The Bertz CT molecular complexity index is 637. The van der Waals surface area contributed by atoms with Gasteiger partial charge in [-0.2, -0.15) is 0 Å². The summed E-state index contributed by atoms with van der Waals surface area (Å²) < 4.78 is 14.1. The smallest absolute Gasteiger partial charge is 0.153 e. The summed E-state index contributed by atoms with van der Waals surface area (Å²) in [6, 6.07) is 10.9. The van der Waals surface area contributed by atoms with E-state index in [-0.39, 0.29) is 5.56 Å². The van der Waals surface area contributed by atoms with Gasteiger partial charge in [-0.3, -0.25) is 4.79 Å². The Morgan fingerprint density at radius 1 is 1.16 bits per heavy atom. The Hall–Kier alpha value is -2.00. The summed E-state index contributed by atoms with van der Waals surface area (Å²) in [6.45, 7) is 1.82. The van der Waals surface area contributed by atoms with Crippen LogP contribution in [0.2, 0.25) is 0 Å². The quantitative estimate of drug-likeness (QED) is 0.836. The van der Waals surface area contributed by atoms with Gasteiger partial charge in [-0.15, -0.1) is 0 Å². The molecule has 0 spiro atoms. The van der Waals surface area contributed by atoms with E-state index in [0.29, 0.717) is 11.8 Å². The molecule has 0 aromatic heterocycles. The maximum atomic E-state index is 14.1. The lowest BCUT2D eigenvalue weighted by atomic mass is 9.94. The molecule has 3 heteroatoms. The fourth-order valence-electron chi connectivity index (χ4n) is 2.51. The van der Waals surface area contributed by atoms with Gasteiger partial charge in [-0.1, -0.05) is 30.3 Å². The van der Waals surface area contributed by atoms with Crippen molar-refractivity contribution >= 4 is 6.29 Å². The van der Waals surface area contributed by atoms with Crippen LogP contribution in [-0.4, -0.2) is 12.8 Å². The molecule has 2 aromatic rings. The van der Waals surface area contributed by atoms with Gasteiger partial charge in [0.25, 0.3) is 0 Å². The van der Waals surface area contributed by atoms with E-state index < -0.39 is 5.82 Å². The summed E-state index contributed by atoms with van der Waals surface area (Å²) in [7, 11) is 0. The highest BCUT2D eigenvalue weighted by Crippen LogP contribution is 2.27. The van der Waals surface area contributed by atoms with Crippen molar-refractivity contribution in [3.8, 4) is 11.1 Å². The van der Waals surface area contributed by atoms with Gasteiger partial charge in [0.1, 0.15) is 5.82 Å². The van der Waals surface area contributed by atoms with Gasteiger partial charge < -0.3 is 5.32 Å².